The van der Waals surface area contributed by atoms with E-state index in [2.05, 4.69) is 12.2 Å². The summed E-state index contributed by atoms with van der Waals surface area (Å²) in [4.78, 5) is 11.3. The van der Waals surface area contributed by atoms with Crippen molar-refractivity contribution in [1.82, 2.24) is 5.32 Å². The number of carbonyl (C=O) groups excluding carboxylic acids is 1. The van der Waals surface area contributed by atoms with Gasteiger partial charge in [-0.3, -0.25) is 4.79 Å². The average molecular weight is 266 g/mol. The Morgan fingerprint density at radius 3 is 2.41 bits per heavy atom. The maximum atomic E-state index is 11.3. The third-order valence-corrected chi connectivity index (χ3v) is 3.28. The molecule has 5 heteroatoms. The van der Waals surface area contributed by atoms with Gasteiger partial charge in [0, 0.05) is 6.04 Å². The number of rotatable bonds is 5. The van der Waals surface area contributed by atoms with Gasteiger partial charge in [-0.2, -0.15) is 0 Å². The second kappa shape index (κ2) is 8.72. The molecule has 17 heavy (non-hydrogen) atoms. The lowest BCUT2D eigenvalue weighted by Gasteiger charge is -2.27. The standard InChI is InChI=1S/C12H23NO3.ClH/c1-9(13-2)8-16-11-6-4-10(5-7-11)12(14)15-3;/h9-11,13H,4-8H2,1-3H3;1H/t9-,10?,11?;/m0./s1. The lowest BCUT2D eigenvalue weighted by atomic mass is 9.87. The van der Waals surface area contributed by atoms with E-state index in [-0.39, 0.29) is 24.3 Å². The van der Waals surface area contributed by atoms with E-state index >= 15 is 0 Å². The van der Waals surface area contributed by atoms with Crippen LogP contribution in [0.2, 0.25) is 0 Å². The molecule has 0 aromatic rings. The Morgan fingerprint density at radius 2 is 1.94 bits per heavy atom. The minimum atomic E-state index is -0.0676. The fourth-order valence-electron chi connectivity index (χ4n) is 2.00. The highest BCUT2D eigenvalue weighted by Crippen LogP contribution is 2.27. The number of hydrogen-bond acceptors (Lipinski definition) is 4. The fraction of sp³-hybridized carbons (Fsp3) is 0.917. The van der Waals surface area contributed by atoms with Crippen LogP contribution in [-0.2, 0) is 14.3 Å². The van der Waals surface area contributed by atoms with Crippen molar-refractivity contribution in [2.45, 2.75) is 44.8 Å². The topological polar surface area (TPSA) is 47.6 Å². The highest BCUT2D eigenvalue weighted by atomic mass is 35.5. The third kappa shape index (κ3) is 5.70. The molecule has 1 rings (SSSR count). The number of hydrogen-bond donors (Lipinski definition) is 1. The molecule has 0 spiro atoms. The Bertz CT molecular complexity index is 218. The first-order valence-electron chi connectivity index (χ1n) is 6.04. The summed E-state index contributed by atoms with van der Waals surface area (Å²) in [5.74, 6) is 0.0219. The van der Waals surface area contributed by atoms with Gasteiger partial charge in [0.05, 0.1) is 25.7 Å². The van der Waals surface area contributed by atoms with Crippen molar-refractivity contribution in [1.29, 1.82) is 0 Å². The summed E-state index contributed by atoms with van der Waals surface area (Å²) in [6.45, 7) is 2.84. The van der Waals surface area contributed by atoms with Crippen LogP contribution >= 0.6 is 12.4 Å². The second-order valence-corrected chi connectivity index (χ2v) is 4.52. The molecule has 0 bridgehead atoms. The molecule has 1 aliphatic carbocycles. The van der Waals surface area contributed by atoms with E-state index in [9.17, 15) is 4.79 Å². The Labute approximate surface area is 110 Å². The summed E-state index contributed by atoms with van der Waals surface area (Å²) in [6, 6.07) is 0.387. The number of halogens is 1. The smallest absolute Gasteiger partial charge is 0.308 e. The molecule has 1 fully saturated rings. The second-order valence-electron chi connectivity index (χ2n) is 4.52. The highest BCUT2D eigenvalue weighted by Gasteiger charge is 2.27. The van der Waals surface area contributed by atoms with E-state index in [0.29, 0.717) is 12.1 Å². The van der Waals surface area contributed by atoms with Gasteiger partial charge in [-0.05, 0) is 39.7 Å². The van der Waals surface area contributed by atoms with Gasteiger partial charge in [0.15, 0.2) is 0 Å². The zero-order chi connectivity index (χ0) is 12.0. The van der Waals surface area contributed by atoms with Crippen molar-refractivity contribution in [2.24, 2.45) is 5.92 Å². The van der Waals surface area contributed by atoms with Gasteiger partial charge in [-0.15, -0.1) is 12.4 Å². The van der Waals surface area contributed by atoms with Crippen LogP contribution in [0.1, 0.15) is 32.6 Å². The molecule has 0 aliphatic heterocycles. The quantitative estimate of drug-likeness (QED) is 0.770. The van der Waals surface area contributed by atoms with Gasteiger partial charge in [0.1, 0.15) is 0 Å². The van der Waals surface area contributed by atoms with Gasteiger partial charge in [0.2, 0.25) is 0 Å². The number of carbonyl (C=O) groups is 1. The molecule has 1 N–H and O–H groups in total. The third-order valence-electron chi connectivity index (χ3n) is 3.28. The Balaban J connectivity index is 0.00000256. The van der Waals surface area contributed by atoms with Crippen molar-refractivity contribution in [3.05, 3.63) is 0 Å². The lowest BCUT2D eigenvalue weighted by Crippen LogP contribution is -2.32. The minimum absolute atomic E-state index is 0. The minimum Gasteiger partial charge on any atom is -0.469 e. The number of likely N-dealkylation sites (N-methyl/N-ethyl adjacent to an activating group) is 1. The molecule has 0 aromatic heterocycles. The van der Waals surface area contributed by atoms with Crippen LogP contribution < -0.4 is 5.32 Å². The maximum absolute atomic E-state index is 11.3. The molecule has 0 saturated heterocycles. The van der Waals surface area contributed by atoms with E-state index in [1.165, 1.54) is 7.11 Å². The summed E-state index contributed by atoms with van der Waals surface area (Å²) in [7, 11) is 3.39. The summed E-state index contributed by atoms with van der Waals surface area (Å²) >= 11 is 0. The highest BCUT2D eigenvalue weighted by molar-refractivity contribution is 5.85. The van der Waals surface area contributed by atoms with Gasteiger partial charge in [-0.1, -0.05) is 0 Å². The van der Waals surface area contributed by atoms with Crippen LogP contribution in [0.3, 0.4) is 0 Å². The van der Waals surface area contributed by atoms with Crippen molar-refractivity contribution in [3.63, 3.8) is 0 Å². The van der Waals surface area contributed by atoms with Crippen LogP contribution in [0.15, 0.2) is 0 Å². The average Bonchev–Trinajstić information content (AvgIpc) is 2.35. The van der Waals surface area contributed by atoms with Crippen molar-refractivity contribution < 1.29 is 14.3 Å². The Morgan fingerprint density at radius 1 is 1.35 bits per heavy atom. The number of esters is 1. The molecule has 4 nitrogen and oxygen atoms in total. The van der Waals surface area contributed by atoms with Gasteiger partial charge >= 0.3 is 5.97 Å². The zero-order valence-corrected chi connectivity index (χ0v) is 11.7. The predicted octanol–water partition coefficient (Wildman–Crippen LogP) is 1.76. The predicted molar refractivity (Wildman–Crippen MR) is 69.5 cm³/mol. The SMILES string of the molecule is CN[C@@H](C)COC1CCC(C(=O)OC)CC1.Cl. The van der Waals surface area contributed by atoms with E-state index < -0.39 is 0 Å². The van der Waals surface area contributed by atoms with E-state index in [1.807, 2.05) is 7.05 Å². The lowest BCUT2D eigenvalue weighted by molar-refractivity contribution is -0.147. The number of methoxy groups -OCH3 is 1. The summed E-state index contributed by atoms with van der Waals surface area (Å²) in [5.41, 5.74) is 0. The first-order valence-corrected chi connectivity index (χ1v) is 6.04. The van der Waals surface area contributed by atoms with Crippen molar-refractivity contribution in [2.75, 3.05) is 20.8 Å². The molecule has 0 radical (unpaired) electrons. The normalized spacial score (nSPS) is 25.8. The van der Waals surface area contributed by atoms with Gasteiger partial charge in [0.25, 0.3) is 0 Å². The molecule has 1 saturated carbocycles. The zero-order valence-electron chi connectivity index (χ0n) is 10.9. The molecular formula is C12H24ClNO3. The van der Waals surface area contributed by atoms with Crippen LogP contribution in [0.5, 0.6) is 0 Å². The Kier molecular flexibility index (Phi) is 8.56. The number of nitrogens with one attached hydrogen (secondary N) is 1. The molecule has 0 unspecified atom stereocenters. The molecule has 0 aromatic carbocycles. The first-order chi connectivity index (χ1) is 7.67. The maximum Gasteiger partial charge on any atom is 0.308 e. The monoisotopic (exact) mass is 265 g/mol. The van der Waals surface area contributed by atoms with E-state index in [1.54, 1.807) is 0 Å². The molecule has 1 aliphatic rings. The van der Waals surface area contributed by atoms with E-state index in [4.69, 9.17) is 9.47 Å². The molecule has 102 valence electrons. The van der Waals surface area contributed by atoms with E-state index in [0.717, 1.165) is 32.3 Å². The first kappa shape index (κ1) is 16.7. The molecular weight excluding hydrogens is 242 g/mol. The van der Waals surface area contributed by atoms with Crippen LogP contribution in [0.25, 0.3) is 0 Å². The summed E-state index contributed by atoms with van der Waals surface area (Å²) in [6.07, 6.45) is 4.04. The molecule has 0 heterocycles. The van der Waals surface area contributed by atoms with Gasteiger partial charge in [-0.25, -0.2) is 0 Å². The van der Waals surface area contributed by atoms with Crippen molar-refractivity contribution >= 4 is 18.4 Å². The number of ether oxygens (including phenoxy) is 2. The Hall–Kier alpha value is -0.320. The van der Waals surface area contributed by atoms with Crippen LogP contribution in [0, 0.1) is 5.92 Å². The van der Waals surface area contributed by atoms with Crippen LogP contribution in [0.4, 0.5) is 0 Å². The van der Waals surface area contributed by atoms with Crippen molar-refractivity contribution in [3.8, 4) is 0 Å². The molecule has 0 amide bonds. The summed E-state index contributed by atoms with van der Waals surface area (Å²) < 4.78 is 10.5. The fourth-order valence-corrected chi connectivity index (χ4v) is 2.00. The largest absolute Gasteiger partial charge is 0.469 e. The van der Waals surface area contributed by atoms with Gasteiger partial charge < -0.3 is 14.8 Å². The molecule has 1 atom stereocenters. The summed E-state index contributed by atoms with van der Waals surface area (Å²) in [5, 5.41) is 3.14. The van der Waals surface area contributed by atoms with Crippen LogP contribution in [-0.4, -0.2) is 38.9 Å².